The fourth-order valence-corrected chi connectivity index (χ4v) is 3.96. The van der Waals surface area contributed by atoms with Crippen LogP contribution in [0.5, 0.6) is 0 Å². The summed E-state index contributed by atoms with van der Waals surface area (Å²) in [5.41, 5.74) is 3.08. The summed E-state index contributed by atoms with van der Waals surface area (Å²) >= 11 is 0. The molecular weight excluding hydrogens is 396 g/mol. The molecule has 0 aliphatic carbocycles. The Kier molecular flexibility index (Phi) is 6.30. The summed E-state index contributed by atoms with van der Waals surface area (Å²) in [5, 5.41) is 21.9. The van der Waals surface area contributed by atoms with Crippen LogP contribution in [0.15, 0.2) is 54.9 Å². The molecule has 9 nitrogen and oxygen atoms in total. The van der Waals surface area contributed by atoms with Gasteiger partial charge in [0.1, 0.15) is 6.33 Å². The molecule has 1 amide bonds. The number of carbonyl (C=O) groups is 1. The lowest BCUT2D eigenvalue weighted by Crippen LogP contribution is -2.39. The van der Waals surface area contributed by atoms with E-state index in [1.54, 1.807) is 16.8 Å². The summed E-state index contributed by atoms with van der Waals surface area (Å²) in [7, 11) is 0. The van der Waals surface area contributed by atoms with Crippen molar-refractivity contribution in [2.75, 3.05) is 13.1 Å². The number of aryl methyl sites for hydroxylation is 1. The molecule has 0 bridgehead atoms. The highest BCUT2D eigenvalue weighted by Gasteiger charge is 2.22. The number of rotatable bonds is 7. The average molecular weight is 420 g/mol. The summed E-state index contributed by atoms with van der Waals surface area (Å²) in [4.78, 5) is 25.0. The highest BCUT2D eigenvalue weighted by Crippen LogP contribution is 2.24. The molecular formula is C22H24N6O3. The number of hydrogen-bond donors (Lipinski definition) is 0. The van der Waals surface area contributed by atoms with Gasteiger partial charge in [-0.1, -0.05) is 24.3 Å². The number of nitro benzene ring substituents is 1. The van der Waals surface area contributed by atoms with E-state index in [1.807, 2.05) is 41.3 Å². The van der Waals surface area contributed by atoms with Crippen molar-refractivity contribution in [1.29, 1.82) is 0 Å². The summed E-state index contributed by atoms with van der Waals surface area (Å²) in [6.45, 7) is 1.57. The third kappa shape index (κ3) is 5.30. The minimum atomic E-state index is -0.376. The van der Waals surface area contributed by atoms with Crippen molar-refractivity contribution in [3.05, 3.63) is 76.1 Å². The van der Waals surface area contributed by atoms with Gasteiger partial charge in [0, 0.05) is 25.2 Å². The second-order valence-electron chi connectivity index (χ2n) is 7.88. The van der Waals surface area contributed by atoms with E-state index >= 15 is 0 Å². The van der Waals surface area contributed by atoms with Gasteiger partial charge in [-0.05, 0) is 65.3 Å². The van der Waals surface area contributed by atoms with Crippen LogP contribution in [0.1, 0.15) is 30.4 Å². The molecule has 0 spiro atoms. The topological polar surface area (TPSA) is 107 Å². The van der Waals surface area contributed by atoms with Crippen LogP contribution >= 0.6 is 0 Å². The molecule has 0 unspecified atom stereocenters. The summed E-state index contributed by atoms with van der Waals surface area (Å²) in [6, 6.07) is 14.5. The molecule has 1 saturated heterocycles. The Bertz CT molecular complexity index is 1010. The molecule has 1 aliphatic rings. The van der Waals surface area contributed by atoms with Crippen LogP contribution in [-0.4, -0.2) is 49.0 Å². The van der Waals surface area contributed by atoms with Crippen LogP contribution in [0.3, 0.4) is 0 Å². The summed E-state index contributed by atoms with van der Waals surface area (Å²) in [5.74, 6) is 0.735. The molecule has 0 saturated carbocycles. The van der Waals surface area contributed by atoms with Crippen molar-refractivity contribution in [2.45, 2.75) is 32.1 Å². The zero-order valence-electron chi connectivity index (χ0n) is 17.1. The van der Waals surface area contributed by atoms with Crippen LogP contribution in [-0.2, 0) is 17.6 Å². The van der Waals surface area contributed by atoms with E-state index in [-0.39, 0.29) is 16.5 Å². The second-order valence-corrected chi connectivity index (χ2v) is 7.88. The number of benzene rings is 2. The van der Waals surface area contributed by atoms with Crippen LogP contribution in [0.2, 0.25) is 0 Å². The molecule has 0 atom stereocenters. The van der Waals surface area contributed by atoms with E-state index in [4.69, 9.17) is 0 Å². The average Bonchev–Trinajstić information content (AvgIpc) is 3.34. The lowest BCUT2D eigenvalue weighted by Gasteiger charge is -2.32. The van der Waals surface area contributed by atoms with Crippen LogP contribution in [0.4, 0.5) is 5.69 Å². The number of carbonyl (C=O) groups excluding carboxylic acids is 1. The maximum absolute atomic E-state index is 12.7. The van der Waals surface area contributed by atoms with E-state index in [0.717, 1.165) is 55.6 Å². The fourth-order valence-electron chi connectivity index (χ4n) is 3.96. The number of nitro groups is 1. The Morgan fingerprint density at radius 1 is 1.03 bits per heavy atom. The molecule has 0 radical (unpaired) electrons. The second kappa shape index (κ2) is 9.46. The number of piperidine rings is 1. The highest BCUT2D eigenvalue weighted by molar-refractivity contribution is 5.78. The molecule has 1 fully saturated rings. The van der Waals surface area contributed by atoms with E-state index in [9.17, 15) is 14.9 Å². The number of aromatic nitrogens is 4. The van der Waals surface area contributed by atoms with E-state index in [0.29, 0.717) is 12.3 Å². The molecule has 2 aromatic carbocycles. The Labute approximate surface area is 179 Å². The number of non-ortho nitro benzene ring substituents is 1. The monoisotopic (exact) mass is 420 g/mol. The van der Waals surface area contributed by atoms with Crippen molar-refractivity contribution in [3.63, 3.8) is 0 Å². The third-order valence-corrected chi connectivity index (χ3v) is 5.86. The summed E-state index contributed by atoms with van der Waals surface area (Å²) in [6.07, 6.45) is 5.87. The number of amides is 1. The Hall–Kier alpha value is -3.62. The van der Waals surface area contributed by atoms with E-state index < -0.39 is 0 Å². The van der Waals surface area contributed by atoms with Crippen molar-refractivity contribution in [3.8, 4) is 5.69 Å². The van der Waals surface area contributed by atoms with E-state index in [2.05, 4.69) is 15.5 Å². The minimum absolute atomic E-state index is 0.126. The zero-order chi connectivity index (χ0) is 21.6. The Balaban J connectivity index is 1.22. The largest absolute Gasteiger partial charge is 0.342 e. The Morgan fingerprint density at radius 3 is 2.32 bits per heavy atom. The minimum Gasteiger partial charge on any atom is -0.342 e. The van der Waals surface area contributed by atoms with Crippen LogP contribution < -0.4 is 0 Å². The third-order valence-electron chi connectivity index (χ3n) is 5.86. The number of nitrogens with zero attached hydrogens (tertiary/aromatic N) is 6. The number of tetrazole rings is 1. The van der Waals surface area contributed by atoms with Gasteiger partial charge in [-0.25, -0.2) is 4.68 Å². The number of hydrogen-bond acceptors (Lipinski definition) is 6. The highest BCUT2D eigenvalue weighted by atomic mass is 16.6. The normalized spacial score (nSPS) is 14.5. The first-order valence-electron chi connectivity index (χ1n) is 10.4. The first-order chi connectivity index (χ1) is 15.1. The predicted octanol–water partition coefficient (Wildman–Crippen LogP) is 2.98. The van der Waals surface area contributed by atoms with Crippen LogP contribution in [0.25, 0.3) is 5.69 Å². The van der Waals surface area contributed by atoms with Gasteiger partial charge in [0.25, 0.3) is 5.69 Å². The van der Waals surface area contributed by atoms with Gasteiger partial charge in [0.15, 0.2) is 0 Å². The van der Waals surface area contributed by atoms with Gasteiger partial charge in [-0.2, -0.15) is 0 Å². The van der Waals surface area contributed by atoms with Gasteiger partial charge in [0.2, 0.25) is 5.91 Å². The van der Waals surface area contributed by atoms with E-state index in [1.165, 1.54) is 6.33 Å². The van der Waals surface area contributed by atoms with Gasteiger partial charge in [-0.15, -0.1) is 5.10 Å². The molecule has 2 heterocycles. The van der Waals surface area contributed by atoms with Gasteiger partial charge >= 0.3 is 0 Å². The first kappa shape index (κ1) is 20.6. The van der Waals surface area contributed by atoms with Gasteiger partial charge in [0.05, 0.1) is 17.0 Å². The maximum atomic E-state index is 12.7. The fraction of sp³-hybridized carbons (Fsp3) is 0.364. The zero-order valence-corrected chi connectivity index (χ0v) is 17.1. The quantitative estimate of drug-likeness (QED) is 0.430. The smallest absolute Gasteiger partial charge is 0.269 e. The first-order valence-corrected chi connectivity index (χ1v) is 10.4. The lowest BCUT2D eigenvalue weighted by molar-refractivity contribution is -0.384. The molecule has 31 heavy (non-hydrogen) atoms. The van der Waals surface area contributed by atoms with Crippen molar-refractivity contribution >= 4 is 11.6 Å². The molecule has 0 N–H and O–H groups in total. The SMILES string of the molecule is O=C(Cc1ccc(-n2cnnn2)cc1)N1CCC(CCc2ccc([N+](=O)[O-])cc2)CC1. The predicted molar refractivity (Wildman–Crippen MR) is 114 cm³/mol. The molecule has 9 heteroatoms. The van der Waals surface area contributed by atoms with Crippen molar-refractivity contribution in [2.24, 2.45) is 5.92 Å². The van der Waals surface area contributed by atoms with Crippen molar-refractivity contribution in [1.82, 2.24) is 25.1 Å². The van der Waals surface area contributed by atoms with Crippen molar-refractivity contribution < 1.29 is 9.72 Å². The maximum Gasteiger partial charge on any atom is 0.269 e. The van der Waals surface area contributed by atoms with Crippen LogP contribution in [0, 0.1) is 16.0 Å². The molecule has 4 rings (SSSR count). The molecule has 1 aromatic heterocycles. The Morgan fingerprint density at radius 2 is 1.71 bits per heavy atom. The lowest BCUT2D eigenvalue weighted by atomic mass is 9.90. The summed E-state index contributed by atoms with van der Waals surface area (Å²) < 4.78 is 1.58. The molecule has 3 aromatic rings. The number of likely N-dealkylation sites (tertiary alicyclic amines) is 1. The van der Waals surface area contributed by atoms with Gasteiger partial charge in [-0.3, -0.25) is 14.9 Å². The van der Waals surface area contributed by atoms with Gasteiger partial charge < -0.3 is 4.90 Å². The molecule has 1 aliphatic heterocycles. The molecule has 160 valence electrons. The standard InChI is InChI=1S/C22H24N6O3/c29-22(15-19-5-7-20(8-6-19)27-16-23-24-25-27)26-13-11-18(12-14-26)2-1-17-3-9-21(10-4-17)28(30)31/h3-10,16,18H,1-2,11-15H2.